The van der Waals surface area contributed by atoms with E-state index in [2.05, 4.69) is 84.0 Å². The topological polar surface area (TPSA) is 27.7 Å². The number of rotatable bonds is 7. The molecule has 4 heteroatoms. The molecular weight excluding hydrogens is 415 g/mol. The fourth-order valence-corrected chi connectivity index (χ4v) is 8.95. The van der Waals surface area contributed by atoms with Gasteiger partial charge in [0.1, 0.15) is 17.2 Å². The smallest absolute Gasteiger partial charge is 0.138 e. The van der Waals surface area contributed by atoms with Crippen molar-refractivity contribution in [3.63, 3.8) is 0 Å². The van der Waals surface area contributed by atoms with E-state index in [9.17, 15) is 0 Å². The van der Waals surface area contributed by atoms with Crippen molar-refractivity contribution >= 4 is 24.0 Å². The maximum atomic E-state index is 6.22. The minimum absolute atomic E-state index is 0.0663. The molecule has 0 N–H and O–H groups in total. The molecule has 1 atom stereocenters. The molecule has 0 saturated carbocycles. The van der Waals surface area contributed by atoms with Gasteiger partial charge in [-0.15, -0.1) is 0 Å². The third-order valence-electron chi connectivity index (χ3n) is 6.26. The summed E-state index contributed by atoms with van der Waals surface area (Å²) in [6.45, 7) is 14.0. The molecule has 0 heterocycles. The van der Waals surface area contributed by atoms with Crippen LogP contribution in [0.15, 0.2) is 48.5 Å². The minimum atomic E-state index is -0.648. The van der Waals surface area contributed by atoms with Gasteiger partial charge in [0, 0.05) is 11.1 Å². The Morgan fingerprint density at radius 3 is 1.94 bits per heavy atom. The summed E-state index contributed by atoms with van der Waals surface area (Å²) in [6, 6.07) is 16.8. The molecule has 172 valence electrons. The first kappa shape index (κ1) is 24.4. The van der Waals surface area contributed by atoms with Crippen molar-refractivity contribution in [2.45, 2.75) is 58.3 Å². The average molecular weight is 453 g/mol. The van der Waals surface area contributed by atoms with Crippen LogP contribution in [-0.4, -0.2) is 31.6 Å². The molecule has 0 aliphatic rings. The van der Waals surface area contributed by atoms with E-state index < -0.39 is 7.92 Å². The molecule has 3 nitrogen and oxygen atoms in total. The molecule has 0 spiro atoms. The van der Waals surface area contributed by atoms with Crippen molar-refractivity contribution < 1.29 is 14.2 Å². The predicted octanol–water partition coefficient (Wildman–Crippen LogP) is 7.63. The van der Waals surface area contributed by atoms with Crippen molar-refractivity contribution in [3.05, 3.63) is 48.5 Å². The Morgan fingerprint density at radius 1 is 0.750 bits per heavy atom. The molecule has 3 rings (SSSR count). The molecule has 3 aromatic carbocycles. The van der Waals surface area contributed by atoms with Gasteiger partial charge in [-0.3, -0.25) is 0 Å². The summed E-state index contributed by atoms with van der Waals surface area (Å²) >= 11 is 0. The third-order valence-corrected chi connectivity index (χ3v) is 10.0. The minimum Gasteiger partial charge on any atom is -0.496 e. The maximum absolute atomic E-state index is 6.22. The van der Waals surface area contributed by atoms with Gasteiger partial charge in [0.25, 0.3) is 0 Å². The van der Waals surface area contributed by atoms with E-state index in [-0.39, 0.29) is 10.3 Å². The molecule has 1 unspecified atom stereocenters. The van der Waals surface area contributed by atoms with Gasteiger partial charge < -0.3 is 14.2 Å². The van der Waals surface area contributed by atoms with E-state index in [0.29, 0.717) is 0 Å². The highest BCUT2D eigenvalue weighted by Gasteiger charge is 2.41. The first-order valence-corrected chi connectivity index (χ1v) is 12.6. The number of ether oxygens (including phenoxy) is 3. The van der Waals surface area contributed by atoms with Crippen LogP contribution in [0.25, 0.3) is 21.9 Å². The molecular formula is C28H37O3P. The van der Waals surface area contributed by atoms with Crippen LogP contribution in [0.1, 0.15) is 48.0 Å². The van der Waals surface area contributed by atoms with Crippen LogP contribution in [0.3, 0.4) is 0 Å². The summed E-state index contributed by atoms with van der Waals surface area (Å²) in [5.74, 6) is 2.63. The normalized spacial score (nSPS) is 13.2. The van der Waals surface area contributed by atoms with E-state index in [1.54, 1.807) is 21.3 Å². The SMILES string of the molecule is CCC(C)(C)P(c1c(OC)ccc(-c2c(OC)ccc3ccccc23)c1OC)C(C)(C)C. The van der Waals surface area contributed by atoms with Crippen LogP contribution in [0.2, 0.25) is 0 Å². The summed E-state index contributed by atoms with van der Waals surface area (Å²) in [5.41, 5.74) is 2.10. The first-order chi connectivity index (χ1) is 15.1. The number of hydrogen-bond donors (Lipinski definition) is 0. The second-order valence-electron chi connectivity index (χ2n) is 9.73. The van der Waals surface area contributed by atoms with Gasteiger partial charge in [-0.1, -0.05) is 79.8 Å². The second-order valence-corrected chi connectivity index (χ2v) is 13.4. The monoisotopic (exact) mass is 452 g/mol. The molecule has 0 radical (unpaired) electrons. The van der Waals surface area contributed by atoms with Crippen molar-refractivity contribution in [2.75, 3.05) is 21.3 Å². The lowest BCUT2D eigenvalue weighted by Gasteiger charge is -2.44. The highest BCUT2D eigenvalue weighted by atomic mass is 31.1. The summed E-state index contributed by atoms with van der Waals surface area (Å²) in [4.78, 5) is 0. The Bertz CT molecular complexity index is 1100. The molecule has 0 aliphatic carbocycles. The van der Waals surface area contributed by atoms with Gasteiger partial charge in [-0.05, 0) is 45.7 Å². The molecule has 0 saturated heterocycles. The van der Waals surface area contributed by atoms with Crippen LogP contribution < -0.4 is 19.5 Å². The van der Waals surface area contributed by atoms with Crippen LogP contribution >= 0.6 is 7.92 Å². The zero-order chi connectivity index (χ0) is 23.7. The molecule has 3 aromatic rings. The van der Waals surface area contributed by atoms with Crippen LogP contribution in [0, 0.1) is 0 Å². The third kappa shape index (κ3) is 4.33. The lowest BCUT2D eigenvalue weighted by Crippen LogP contribution is -2.34. The molecule has 32 heavy (non-hydrogen) atoms. The summed E-state index contributed by atoms with van der Waals surface area (Å²) in [7, 11) is 4.61. The standard InChI is InChI=1S/C28H37O3P/c1-10-28(5,6)32(27(2,3)4)26-23(30-8)18-16-21(25(26)31-9)24-20-14-12-11-13-19(20)15-17-22(24)29-7/h11-18H,10H2,1-9H3. The van der Waals surface area contributed by atoms with E-state index in [0.717, 1.165) is 40.2 Å². The maximum Gasteiger partial charge on any atom is 0.138 e. The van der Waals surface area contributed by atoms with Gasteiger partial charge in [-0.2, -0.15) is 0 Å². The molecule has 0 bridgehead atoms. The molecule has 0 fully saturated rings. The van der Waals surface area contributed by atoms with E-state index in [1.807, 2.05) is 6.07 Å². The lowest BCUT2D eigenvalue weighted by atomic mass is 9.96. The summed E-state index contributed by atoms with van der Waals surface area (Å²) in [6.07, 6.45) is 1.07. The van der Waals surface area contributed by atoms with Gasteiger partial charge in [-0.25, -0.2) is 0 Å². The van der Waals surface area contributed by atoms with E-state index >= 15 is 0 Å². The quantitative estimate of drug-likeness (QED) is 0.345. The fourth-order valence-electron chi connectivity index (χ4n) is 4.74. The van der Waals surface area contributed by atoms with Crippen LogP contribution in [0.5, 0.6) is 17.2 Å². The molecule has 0 aromatic heterocycles. The largest absolute Gasteiger partial charge is 0.496 e. The number of methoxy groups -OCH3 is 3. The Morgan fingerprint density at radius 2 is 1.38 bits per heavy atom. The fraction of sp³-hybridized carbons (Fsp3) is 0.429. The van der Waals surface area contributed by atoms with Gasteiger partial charge in [0.15, 0.2) is 0 Å². The molecule has 0 aliphatic heterocycles. The average Bonchev–Trinajstić information content (AvgIpc) is 2.76. The highest BCUT2D eigenvalue weighted by molar-refractivity contribution is 7.69. The van der Waals surface area contributed by atoms with Crippen molar-refractivity contribution in [1.82, 2.24) is 0 Å². The Kier molecular flexibility index (Phi) is 7.10. The second kappa shape index (κ2) is 9.32. The van der Waals surface area contributed by atoms with E-state index in [1.165, 1.54) is 10.7 Å². The Labute approximate surface area is 194 Å². The number of fused-ring (bicyclic) bond motifs is 1. The summed E-state index contributed by atoms with van der Waals surface area (Å²) < 4.78 is 18.0. The first-order valence-electron chi connectivity index (χ1n) is 11.2. The zero-order valence-corrected chi connectivity index (χ0v) is 21.9. The van der Waals surface area contributed by atoms with Crippen LogP contribution in [0.4, 0.5) is 0 Å². The zero-order valence-electron chi connectivity index (χ0n) is 21.0. The Balaban J connectivity index is 2.46. The lowest BCUT2D eigenvalue weighted by molar-refractivity contribution is 0.400. The number of hydrogen-bond acceptors (Lipinski definition) is 3. The van der Waals surface area contributed by atoms with E-state index in [4.69, 9.17) is 14.2 Å². The van der Waals surface area contributed by atoms with Gasteiger partial charge in [0.05, 0.1) is 26.6 Å². The van der Waals surface area contributed by atoms with Gasteiger partial charge in [0.2, 0.25) is 0 Å². The van der Waals surface area contributed by atoms with Crippen molar-refractivity contribution in [1.29, 1.82) is 0 Å². The molecule has 0 amide bonds. The summed E-state index contributed by atoms with van der Waals surface area (Å²) in [5, 5.41) is 3.69. The highest BCUT2D eigenvalue weighted by Crippen LogP contribution is 2.63. The Hall–Kier alpha value is -2.25. The van der Waals surface area contributed by atoms with Gasteiger partial charge >= 0.3 is 0 Å². The van der Waals surface area contributed by atoms with Crippen molar-refractivity contribution in [3.8, 4) is 28.4 Å². The van der Waals surface area contributed by atoms with Crippen LogP contribution in [-0.2, 0) is 0 Å². The number of benzene rings is 3. The van der Waals surface area contributed by atoms with Crippen molar-refractivity contribution in [2.24, 2.45) is 0 Å². The predicted molar refractivity (Wildman–Crippen MR) is 140 cm³/mol.